The zero-order chi connectivity index (χ0) is 24.8. The number of pyridine rings is 2. The quantitative estimate of drug-likeness (QED) is 0.592. The number of hydrogen-bond donors (Lipinski definition) is 1. The minimum Gasteiger partial charge on any atom is -0.349 e. The number of nitrogens with zero attached hydrogens (tertiary/aromatic N) is 3. The lowest BCUT2D eigenvalue weighted by Crippen LogP contribution is -2.38. The predicted octanol–water partition coefficient (Wildman–Crippen LogP) is 5.06. The third kappa shape index (κ3) is 7.50. The molecule has 1 saturated carbocycles. The second-order valence-electron chi connectivity index (χ2n) is 9.98. The Bertz CT molecular complexity index is 1000. The van der Waals surface area contributed by atoms with Crippen molar-refractivity contribution in [3.05, 3.63) is 58.7 Å². The summed E-state index contributed by atoms with van der Waals surface area (Å²) in [5.74, 6) is 0.638. The van der Waals surface area contributed by atoms with Gasteiger partial charge in [-0.3, -0.25) is 14.8 Å². The lowest BCUT2D eigenvalue weighted by Gasteiger charge is -2.30. The van der Waals surface area contributed by atoms with Crippen molar-refractivity contribution in [1.29, 1.82) is 0 Å². The number of rotatable bonds is 7. The molecule has 1 aliphatic heterocycles. The molecule has 1 fully saturated rings. The van der Waals surface area contributed by atoms with Gasteiger partial charge in [0.2, 0.25) is 0 Å². The molecule has 190 valence electrons. The van der Waals surface area contributed by atoms with Crippen LogP contribution in [0.25, 0.3) is 0 Å². The SMILES string of the molecule is Cc1ncccc1C(=O)NC1CCC(CCN2CCc3ccc(CCC(F)(F)F)nc3CC2)CC1. The molecule has 3 heterocycles. The molecule has 0 saturated heterocycles. The molecule has 2 aliphatic rings. The maximum atomic E-state index is 12.6. The summed E-state index contributed by atoms with van der Waals surface area (Å²) in [6.45, 7) is 4.76. The van der Waals surface area contributed by atoms with Crippen LogP contribution in [-0.2, 0) is 19.3 Å². The lowest BCUT2D eigenvalue weighted by atomic mass is 9.84. The lowest BCUT2D eigenvalue weighted by molar-refractivity contribution is -0.134. The first kappa shape index (κ1) is 25.6. The van der Waals surface area contributed by atoms with Crippen LogP contribution in [0, 0.1) is 12.8 Å². The van der Waals surface area contributed by atoms with Crippen molar-refractivity contribution < 1.29 is 18.0 Å². The molecule has 0 unspecified atom stereocenters. The second-order valence-corrected chi connectivity index (χ2v) is 9.98. The van der Waals surface area contributed by atoms with E-state index < -0.39 is 12.6 Å². The van der Waals surface area contributed by atoms with Crippen LogP contribution in [-0.4, -0.2) is 52.6 Å². The van der Waals surface area contributed by atoms with E-state index >= 15 is 0 Å². The van der Waals surface area contributed by atoms with Crippen LogP contribution in [0.3, 0.4) is 0 Å². The third-order valence-corrected chi connectivity index (χ3v) is 7.44. The van der Waals surface area contributed by atoms with Gasteiger partial charge in [-0.05, 0) is 88.1 Å². The summed E-state index contributed by atoms with van der Waals surface area (Å²) in [6.07, 6.45) is 3.77. The molecule has 1 amide bonds. The molecule has 0 bridgehead atoms. The molecule has 4 rings (SSSR count). The van der Waals surface area contributed by atoms with Crippen LogP contribution in [0.1, 0.15) is 71.5 Å². The number of hydrogen-bond acceptors (Lipinski definition) is 4. The van der Waals surface area contributed by atoms with Gasteiger partial charge in [0, 0.05) is 55.3 Å². The largest absolute Gasteiger partial charge is 0.389 e. The minimum absolute atomic E-state index is 0.0293. The number of aryl methyl sites for hydroxylation is 2. The van der Waals surface area contributed by atoms with Gasteiger partial charge in [0.15, 0.2) is 0 Å². The van der Waals surface area contributed by atoms with E-state index in [0.717, 1.165) is 76.0 Å². The van der Waals surface area contributed by atoms with Crippen molar-refractivity contribution in [2.75, 3.05) is 19.6 Å². The summed E-state index contributed by atoms with van der Waals surface area (Å²) < 4.78 is 37.6. The predicted molar refractivity (Wildman–Crippen MR) is 129 cm³/mol. The Morgan fingerprint density at radius 2 is 1.89 bits per heavy atom. The van der Waals surface area contributed by atoms with Crippen molar-refractivity contribution >= 4 is 5.91 Å². The first-order chi connectivity index (χ1) is 16.8. The minimum atomic E-state index is -4.14. The summed E-state index contributed by atoms with van der Waals surface area (Å²) in [4.78, 5) is 23.8. The highest BCUT2D eigenvalue weighted by atomic mass is 19.4. The number of carbonyl (C=O) groups is 1. The van der Waals surface area contributed by atoms with Crippen LogP contribution in [0.15, 0.2) is 30.5 Å². The maximum Gasteiger partial charge on any atom is 0.389 e. The Balaban J connectivity index is 1.19. The summed E-state index contributed by atoms with van der Waals surface area (Å²) in [7, 11) is 0. The molecular formula is C27H35F3N4O. The number of amides is 1. The fraction of sp³-hybridized carbons (Fsp3) is 0.593. The number of nitrogens with one attached hydrogen (secondary N) is 1. The first-order valence-electron chi connectivity index (χ1n) is 12.8. The van der Waals surface area contributed by atoms with Gasteiger partial charge in [-0.15, -0.1) is 0 Å². The van der Waals surface area contributed by atoms with Crippen LogP contribution in [0.5, 0.6) is 0 Å². The van der Waals surface area contributed by atoms with Crippen molar-refractivity contribution in [3.8, 4) is 0 Å². The van der Waals surface area contributed by atoms with Gasteiger partial charge in [0.1, 0.15) is 0 Å². The highest BCUT2D eigenvalue weighted by Crippen LogP contribution is 2.28. The molecule has 8 heteroatoms. The molecular weight excluding hydrogens is 453 g/mol. The van der Waals surface area contributed by atoms with E-state index in [1.54, 1.807) is 18.3 Å². The number of fused-ring (bicyclic) bond motifs is 1. The molecule has 2 aromatic heterocycles. The number of alkyl halides is 3. The van der Waals surface area contributed by atoms with Gasteiger partial charge in [-0.25, -0.2) is 0 Å². The molecule has 2 aromatic rings. The molecule has 5 nitrogen and oxygen atoms in total. The van der Waals surface area contributed by atoms with Gasteiger partial charge in [-0.1, -0.05) is 6.07 Å². The third-order valence-electron chi connectivity index (χ3n) is 7.44. The molecule has 35 heavy (non-hydrogen) atoms. The van der Waals surface area contributed by atoms with Crippen molar-refractivity contribution in [2.45, 2.75) is 76.9 Å². The van der Waals surface area contributed by atoms with Crippen molar-refractivity contribution in [2.24, 2.45) is 5.92 Å². The van der Waals surface area contributed by atoms with Gasteiger partial charge in [0.25, 0.3) is 5.91 Å². The van der Waals surface area contributed by atoms with E-state index in [1.165, 1.54) is 5.56 Å². The fourth-order valence-electron chi connectivity index (χ4n) is 5.25. The average Bonchev–Trinajstić information content (AvgIpc) is 3.04. The molecule has 0 atom stereocenters. The molecule has 0 spiro atoms. The van der Waals surface area contributed by atoms with Crippen LogP contribution in [0.2, 0.25) is 0 Å². The summed E-state index contributed by atoms with van der Waals surface area (Å²) in [6, 6.07) is 7.57. The Hall–Kier alpha value is -2.48. The summed E-state index contributed by atoms with van der Waals surface area (Å²) in [5, 5.41) is 3.18. The van der Waals surface area contributed by atoms with Crippen LogP contribution < -0.4 is 5.32 Å². The van der Waals surface area contributed by atoms with Gasteiger partial charge < -0.3 is 10.2 Å². The zero-order valence-electron chi connectivity index (χ0n) is 20.4. The Morgan fingerprint density at radius 1 is 1.11 bits per heavy atom. The topological polar surface area (TPSA) is 58.1 Å². The monoisotopic (exact) mass is 488 g/mol. The molecule has 0 aromatic carbocycles. The van der Waals surface area contributed by atoms with Gasteiger partial charge in [-0.2, -0.15) is 13.2 Å². The van der Waals surface area contributed by atoms with Crippen molar-refractivity contribution in [1.82, 2.24) is 20.2 Å². The Kier molecular flexibility index (Phi) is 8.42. The zero-order valence-corrected chi connectivity index (χ0v) is 20.4. The number of halogens is 3. The van der Waals surface area contributed by atoms with Gasteiger partial charge >= 0.3 is 6.18 Å². The number of aromatic nitrogens is 2. The highest BCUT2D eigenvalue weighted by molar-refractivity contribution is 5.95. The smallest absolute Gasteiger partial charge is 0.349 e. The van der Waals surface area contributed by atoms with E-state index in [0.29, 0.717) is 17.2 Å². The average molecular weight is 489 g/mol. The number of carbonyl (C=O) groups excluding carboxylic acids is 1. The fourth-order valence-corrected chi connectivity index (χ4v) is 5.25. The standard InChI is InChI=1S/C27H35F3N4O/c1-19-24(3-2-15-31-19)26(35)33-22-7-4-20(5-8-22)11-16-34-17-12-21-6-9-23(10-14-27(28,29)30)32-25(21)13-18-34/h2-3,6,9,15,20,22H,4-5,7-8,10-14,16-18H2,1H3,(H,33,35). The van der Waals surface area contributed by atoms with E-state index in [9.17, 15) is 18.0 Å². The van der Waals surface area contributed by atoms with E-state index in [2.05, 4.69) is 20.2 Å². The van der Waals surface area contributed by atoms with Crippen molar-refractivity contribution in [3.63, 3.8) is 0 Å². The van der Waals surface area contributed by atoms with E-state index in [1.807, 2.05) is 19.1 Å². The Morgan fingerprint density at radius 3 is 2.63 bits per heavy atom. The molecule has 1 aliphatic carbocycles. The normalized spacial score (nSPS) is 21.3. The highest BCUT2D eigenvalue weighted by Gasteiger charge is 2.27. The summed E-state index contributed by atoms with van der Waals surface area (Å²) in [5.41, 5.74) is 4.08. The van der Waals surface area contributed by atoms with Crippen LogP contribution in [0.4, 0.5) is 13.2 Å². The summed E-state index contributed by atoms with van der Waals surface area (Å²) >= 11 is 0. The molecule has 1 N–H and O–H groups in total. The van der Waals surface area contributed by atoms with E-state index in [-0.39, 0.29) is 18.4 Å². The van der Waals surface area contributed by atoms with Crippen LogP contribution >= 0.6 is 0 Å². The maximum absolute atomic E-state index is 12.6. The second kappa shape index (κ2) is 11.5. The van der Waals surface area contributed by atoms with E-state index in [4.69, 9.17) is 0 Å². The first-order valence-corrected chi connectivity index (χ1v) is 12.8. The van der Waals surface area contributed by atoms with Gasteiger partial charge in [0.05, 0.1) is 5.56 Å². The Labute approximate surface area is 205 Å². The molecule has 0 radical (unpaired) electrons.